The van der Waals surface area contributed by atoms with Crippen LogP contribution in [0.15, 0.2) is 47.4 Å². The van der Waals surface area contributed by atoms with E-state index in [0.29, 0.717) is 28.0 Å². The van der Waals surface area contributed by atoms with Gasteiger partial charge in [0, 0.05) is 12.7 Å². The number of methoxy groups -OCH3 is 2. The number of benzene rings is 2. The van der Waals surface area contributed by atoms with E-state index in [9.17, 15) is 8.42 Å². The molecule has 0 spiro atoms. The fourth-order valence-corrected chi connectivity index (χ4v) is 3.20. The first-order valence-electron chi connectivity index (χ1n) is 7.23. The molecule has 0 heterocycles. The molecule has 0 radical (unpaired) electrons. The summed E-state index contributed by atoms with van der Waals surface area (Å²) in [5.74, 6) is 1.11. The molecular formula is C16H19N3O4S2. The third kappa shape index (κ3) is 4.74. The summed E-state index contributed by atoms with van der Waals surface area (Å²) in [6.45, 7) is 0. The van der Waals surface area contributed by atoms with Crippen LogP contribution >= 0.6 is 12.2 Å². The Bertz CT molecular complexity index is 852. The van der Waals surface area contributed by atoms with Crippen molar-refractivity contribution in [2.45, 2.75) is 4.90 Å². The Morgan fingerprint density at radius 2 is 1.72 bits per heavy atom. The second-order valence-corrected chi connectivity index (χ2v) is 6.99. The molecule has 0 aliphatic carbocycles. The minimum Gasteiger partial charge on any atom is -0.497 e. The van der Waals surface area contributed by atoms with Crippen molar-refractivity contribution in [2.24, 2.45) is 0 Å². The number of sulfonamides is 1. The van der Waals surface area contributed by atoms with Crippen LogP contribution in [0.5, 0.6) is 11.5 Å². The summed E-state index contributed by atoms with van der Waals surface area (Å²) < 4.78 is 38.0. The lowest BCUT2D eigenvalue weighted by Gasteiger charge is -2.14. The standard InChI is InChI=1S/C16H19N3O4S2/c1-17-16(24)18-14-10-13(8-9-15(14)23-3)25(20,21)19-11-4-6-12(22-2)7-5-11/h4-10,19H,1-3H3,(H2,17,18,24). The molecule has 134 valence electrons. The lowest BCUT2D eigenvalue weighted by molar-refractivity contribution is 0.415. The van der Waals surface area contributed by atoms with Crippen LogP contribution in [0.2, 0.25) is 0 Å². The van der Waals surface area contributed by atoms with Gasteiger partial charge in [-0.2, -0.15) is 0 Å². The van der Waals surface area contributed by atoms with E-state index in [1.807, 2.05) is 0 Å². The maximum atomic E-state index is 12.6. The highest BCUT2D eigenvalue weighted by molar-refractivity contribution is 7.92. The first-order chi connectivity index (χ1) is 11.9. The van der Waals surface area contributed by atoms with E-state index < -0.39 is 10.0 Å². The number of hydrogen-bond acceptors (Lipinski definition) is 5. The van der Waals surface area contributed by atoms with Gasteiger partial charge < -0.3 is 20.1 Å². The maximum Gasteiger partial charge on any atom is 0.261 e. The predicted molar refractivity (Wildman–Crippen MR) is 102 cm³/mol. The summed E-state index contributed by atoms with van der Waals surface area (Å²) in [7, 11) is 0.922. The zero-order valence-corrected chi connectivity index (χ0v) is 15.6. The van der Waals surface area contributed by atoms with Gasteiger partial charge in [-0.15, -0.1) is 0 Å². The topological polar surface area (TPSA) is 88.7 Å². The maximum absolute atomic E-state index is 12.6. The SMILES string of the molecule is CNC(=S)Nc1cc(S(=O)(=O)Nc2ccc(OC)cc2)ccc1OC. The van der Waals surface area contributed by atoms with Crippen molar-refractivity contribution in [1.29, 1.82) is 0 Å². The van der Waals surface area contributed by atoms with Gasteiger partial charge in [-0.25, -0.2) is 8.42 Å². The third-order valence-corrected chi connectivity index (χ3v) is 4.98. The van der Waals surface area contributed by atoms with Gasteiger partial charge in [0.2, 0.25) is 0 Å². The van der Waals surface area contributed by atoms with Gasteiger partial charge in [-0.05, 0) is 54.7 Å². The average Bonchev–Trinajstić information content (AvgIpc) is 2.61. The van der Waals surface area contributed by atoms with Crippen LogP contribution in [0.3, 0.4) is 0 Å². The molecule has 0 amide bonds. The Morgan fingerprint density at radius 1 is 1.04 bits per heavy atom. The van der Waals surface area contributed by atoms with Crippen LogP contribution in [0.25, 0.3) is 0 Å². The lowest BCUT2D eigenvalue weighted by Crippen LogP contribution is -2.24. The Balaban J connectivity index is 2.31. The van der Waals surface area contributed by atoms with Gasteiger partial charge in [0.1, 0.15) is 11.5 Å². The molecule has 0 saturated carbocycles. The fraction of sp³-hybridized carbons (Fsp3) is 0.188. The summed E-state index contributed by atoms with van der Waals surface area (Å²) in [5.41, 5.74) is 0.872. The van der Waals surface area contributed by atoms with Gasteiger partial charge in [-0.3, -0.25) is 4.72 Å². The van der Waals surface area contributed by atoms with Crippen molar-refractivity contribution in [2.75, 3.05) is 31.3 Å². The highest BCUT2D eigenvalue weighted by Crippen LogP contribution is 2.28. The van der Waals surface area contributed by atoms with Gasteiger partial charge in [0.25, 0.3) is 10.0 Å². The van der Waals surface area contributed by atoms with Crippen LogP contribution in [0.4, 0.5) is 11.4 Å². The molecule has 2 aromatic carbocycles. The van der Waals surface area contributed by atoms with Crippen molar-refractivity contribution < 1.29 is 17.9 Å². The summed E-state index contributed by atoms with van der Waals surface area (Å²) in [4.78, 5) is 0.0746. The van der Waals surface area contributed by atoms with Crippen molar-refractivity contribution >= 4 is 38.7 Å². The molecule has 0 aliphatic rings. The normalized spacial score (nSPS) is 10.7. The van der Waals surface area contributed by atoms with Crippen molar-refractivity contribution in [3.05, 3.63) is 42.5 Å². The largest absolute Gasteiger partial charge is 0.497 e. The summed E-state index contributed by atoms with van der Waals surface area (Å²) in [6.07, 6.45) is 0. The molecular weight excluding hydrogens is 362 g/mol. The number of hydrogen-bond donors (Lipinski definition) is 3. The van der Waals surface area contributed by atoms with Crippen molar-refractivity contribution in [3.8, 4) is 11.5 Å². The van der Waals surface area contributed by atoms with E-state index in [-0.39, 0.29) is 4.90 Å². The molecule has 0 atom stereocenters. The van der Waals surface area contributed by atoms with Crippen molar-refractivity contribution in [1.82, 2.24) is 5.32 Å². The highest BCUT2D eigenvalue weighted by Gasteiger charge is 2.17. The van der Waals surface area contributed by atoms with E-state index in [2.05, 4.69) is 15.4 Å². The van der Waals surface area contributed by atoms with E-state index in [0.717, 1.165) is 0 Å². The van der Waals surface area contributed by atoms with Crippen LogP contribution in [-0.4, -0.2) is 34.8 Å². The summed E-state index contributed by atoms with van der Waals surface area (Å²) in [6, 6.07) is 11.1. The highest BCUT2D eigenvalue weighted by atomic mass is 32.2. The molecule has 2 aromatic rings. The molecule has 7 nitrogen and oxygen atoms in total. The second-order valence-electron chi connectivity index (χ2n) is 4.90. The molecule has 2 rings (SSSR count). The first kappa shape index (κ1) is 18.8. The van der Waals surface area contributed by atoms with Crippen LogP contribution < -0.4 is 24.8 Å². The molecule has 3 N–H and O–H groups in total. The van der Waals surface area contributed by atoms with Crippen LogP contribution in [0, 0.1) is 0 Å². The number of ether oxygens (including phenoxy) is 2. The lowest BCUT2D eigenvalue weighted by atomic mass is 10.3. The third-order valence-electron chi connectivity index (χ3n) is 3.30. The minimum atomic E-state index is -3.77. The van der Waals surface area contributed by atoms with E-state index in [1.165, 1.54) is 19.2 Å². The molecule has 9 heteroatoms. The van der Waals surface area contributed by atoms with Gasteiger partial charge in [0.05, 0.1) is 24.8 Å². The number of rotatable bonds is 6. The summed E-state index contributed by atoms with van der Waals surface area (Å²) >= 11 is 5.06. The van der Waals surface area contributed by atoms with Gasteiger partial charge in [-0.1, -0.05) is 0 Å². The van der Waals surface area contributed by atoms with Gasteiger partial charge >= 0.3 is 0 Å². The number of nitrogens with one attached hydrogen (secondary N) is 3. The smallest absolute Gasteiger partial charge is 0.261 e. The average molecular weight is 381 g/mol. The molecule has 25 heavy (non-hydrogen) atoms. The first-order valence-corrected chi connectivity index (χ1v) is 9.12. The molecule has 0 fully saturated rings. The Hall–Kier alpha value is -2.52. The Labute approximate surface area is 152 Å². The zero-order valence-electron chi connectivity index (χ0n) is 14.0. The quantitative estimate of drug-likeness (QED) is 0.662. The number of thiocarbonyl (C=S) groups is 1. The summed E-state index contributed by atoms with van der Waals surface area (Å²) in [5, 5.41) is 5.99. The van der Waals surface area contributed by atoms with E-state index >= 15 is 0 Å². The van der Waals surface area contributed by atoms with E-state index in [4.69, 9.17) is 21.7 Å². The second kappa shape index (κ2) is 8.04. The number of anilines is 2. The molecule has 0 bridgehead atoms. The molecule has 0 aliphatic heterocycles. The van der Waals surface area contributed by atoms with E-state index in [1.54, 1.807) is 44.5 Å². The minimum absolute atomic E-state index is 0.0746. The van der Waals surface area contributed by atoms with Crippen LogP contribution in [0.1, 0.15) is 0 Å². The Kier molecular flexibility index (Phi) is 6.05. The van der Waals surface area contributed by atoms with Gasteiger partial charge in [0.15, 0.2) is 5.11 Å². The Morgan fingerprint density at radius 3 is 2.28 bits per heavy atom. The zero-order chi connectivity index (χ0) is 18.4. The monoisotopic (exact) mass is 381 g/mol. The van der Waals surface area contributed by atoms with Crippen LogP contribution in [-0.2, 0) is 10.0 Å². The molecule has 0 unspecified atom stereocenters. The molecule has 0 aromatic heterocycles. The van der Waals surface area contributed by atoms with Crippen molar-refractivity contribution in [3.63, 3.8) is 0 Å². The predicted octanol–water partition coefficient (Wildman–Crippen LogP) is 2.42. The molecule has 0 saturated heterocycles. The fourth-order valence-electron chi connectivity index (χ4n) is 2.01.